The van der Waals surface area contributed by atoms with E-state index < -0.39 is 47.0 Å². The van der Waals surface area contributed by atoms with Crippen molar-refractivity contribution in [2.75, 3.05) is 17.7 Å². The number of urea groups is 1. The van der Waals surface area contributed by atoms with Crippen LogP contribution in [0.15, 0.2) is 60.8 Å². The molecule has 202 valence electrons. The van der Waals surface area contributed by atoms with Crippen LogP contribution < -0.4 is 20.7 Å². The number of pyridine rings is 1. The number of halogens is 8. The molecule has 3 amide bonds. The van der Waals surface area contributed by atoms with Crippen molar-refractivity contribution in [3.05, 3.63) is 77.9 Å². The molecule has 0 aliphatic carbocycles. The standard InChI is InChI=1S/C23H16F8N4O3/c1-32-19(36)18-11-15(8-9-33-18)38-14-5-3-13(4-6-14)34-20(37)35-17-10-12(2-7-16(17)24)21(25,26)22(27,28)23(29,30)31/h2-11H,1H3,(H,32,36)(H2,34,35,37). The number of nitrogens with zero attached hydrogens (tertiary/aromatic N) is 1. The summed E-state index contributed by atoms with van der Waals surface area (Å²) >= 11 is 0. The molecule has 2 aromatic carbocycles. The predicted octanol–water partition coefficient (Wildman–Crippen LogP) is 6.31. The molecule has 0 spiro atoms. The highest BCUT2D eigenvalue weighted by molar-refractivity contribution is 6.00. The molecule has 38 heavy (non-hydrogen) atoms. The predicted molar refractivity (Wildman–Crippen MR) is 118 cm³/mol. The van der Waals surface area contributed by atoms with Gasteiger partial charge in [-0.1, -0.05) is 0 Å². The summed E-state index contributed by atoms with van der Waals surface area (Å²) in [6.45, 7) is 0. The molecule has 15 heteroatoms. The second-order valence-corrected chi connectivity index (χ2v) is 7.50. The molecule has 0 radical (unpaired) electrons. The summed E-state index contributed by atoms with van der Waals surface area (Å²) < 4.78 is 111. The van der Waals surface area contributed by atoms with E-state index in [1.54, 1.807) is 5.32 Å². The molecule has 0 atom stereocenters. The van der Waals surface area contributed by atoms with E-state index in [2.05, 4.69) is 15.6 Å². The van der Waals surface area contributed by atoms with Gasteiger partial charge in [-0.2, -0.15) is 30.7 Å². The van der Waals surface area contributed by atoms with E-state index in [9.17, 15) is 44.7 Å². The highest BCUT2D eigenvalue weighted by atomic mass is 19.4. The van der Waals surface area contributed by atoms with E-state index in [1.165, 1.54) is 49.6 Å². The molecule has 0 aliphatic rings. The third kappa shape index (κ3) is 5.92. The average Bonchev–Trinajstić information content (AvgIpc) is 2.85. The molecule has 1 aromatic heterocycles. The summed E-state index contributed by atoms with van der Waals surface area (Å²) in [5.41, 5.74) is -2.76. The van der Waals surface area contributed by atoms with Crippen LogP contribution in [0.3, 0.4) is 0 Å². The minimum atomic E-state index is -6.59. The van der Waals surface area contributed by atoms with Gasteiger partial charge in [0.15, 0.2) is 0 Å². The second kappa shape index (κ2) is 10.5. The van der Waals surface area contributed by atoms with Gasteiger partial charge in [-0.05, 0) is 48.5 Å². The topological polar surface area (TPSA) is 92.4 Å². The Kier molecular flexibility index (Phi) is 7.79. The zero-order valence-corrected chi connectivity index (χ0v) is 19.0. The number of carbonyl (C=O) groups is 2. The van der Waals surface area contributed by atoms with Crippen molar-refractivity contribution in [3.8, 4) is 11.5 Å². The van der Waals surface area contributed by atoms with Crippen LogP contribution in [-0.4, -0.2) is 36.1 Å². The number of benzene rings is 2. The van der Waals surface area contributed by atoms with Gasteiger partial charge in [0.2, 0.25) is 0 Å². The van der Waals surface area contributed by atoms with Crippen molar-refractivity contribution in [1.29, 1.82) is 0 Å². The van der Waals surface area contributed by atoms with Crippen molar-refractivity contribution >= 4 is 23.3 Å². The van der Waals surface area contributed by atoms with Crippen LogP contribution in [-0.2, 0) is 5.92 Å². The minimum absolute atomic E-state index is 0.0206. The lowest BCUT2D eigenvalue weighted by atomic mass is 10.0. The van der Waals surface area contributed by atoms with Crippen LogP contribution in [0, 0.1) is 5.82 Å². The molecule has 3 N–H and O–H groups in total. The summed E-state index contributed by atoms with van der Waals surface area (Å²) in [7, 11) is 1.42. The number of aromatic nitrogens is 1. The Morgan fingerprint density at radius 3 is 2.11 bits per heavy atom. The van der Waals surface area contributed by atoms with Gasteiger partial charge in [-0.25, -0.2) is 9.18 Å². The van der Waals surface area contributed by atoms with Gasteiger partial charge >= 0.3 is 24.1 Å². The molecule has 0 fully saturated rings. The number of anilines is 2. The highest BCUT2D eigenvalue weighted by Gasteiger charge is 2.73. The molecule has 0 bridgehead atoms. The monoisotopic (exact) mass is 548 g/mol. The summed E-state index contributed by atoms with van der Waals surface area (Å²) in [5.74, 6) is -13.5. The molecule has 0 saturated carbocycles. The quantitative estimate of drug-likeness (QED) is 0.302. The number of nitrogens with one attached hydrogen (secondary N) is 3. The van der Waals surface area contributed by atoms with E-state index in [1.807, 2.05) is 0 Å². The maximum absolute atomic E-state index is 14.0. The summed E-state index contributed by atoms with van der Waals surface area (Å²) in [6, 6.07) is 7.29. The third-order valence-corrected chi connectivity index (χ3v) is 4.87. The zero-order chi connectivity index (χ0) is 28.3. The Balaban J connectivity index is 1.70. The van der Waals surface area contributed by atoms with Gasteiger partial charge in [-0.15, -0.1) is 0 Å². The first-order valence-corrected chi connectivity index (χ1v) is 10.3. The van der Waals surface area contributed by atoms with Crippen LogP contribution in [0.4, 0.5) is 51.3 Å². The number of hydrogen-bond donors (Lipinski definition) is 3. The van der Waals surface area contributed by atoms with Crippen molar-refractivity contribution in [1.82, 2.24) is 10.3 Å². The van der Waals surface area contributed by atoms with E-state index in [0.29, 0.717) is 0 Å². The normalized spacial score (nSPS) is 12.0. The van der Waals surface area contributed by atoms with E-state index in [0.717, 1.165) is 0 Å². The smallest absolute Gasteiger partial charge is 0.457 e. The van der Waals surface area contributed by atoms with E-state index >= 15 is 0 Å². The van der Waals surface area contributed by atoms with Gasteiger partial charge in [0.1, 0.15) is 23.0 Å². The first-order valence-electron chi connectivity index (χ1n) is 10.3. The van der Waals surface area contributed by atoms with Crippen LogP contribution in [0.5, 0.6) is 11.5 Å². The first kappa shape index (κ1) is 28.1. The van der Waals surface area contributed by atoms with Gasteiger partial charge in [0.05, 0.1) is 5.69 Å². The van der Waals surface area contributed by atoms with Gasteiger partial charge < -0.3 is 20.7 Å². The molecule has 0 unspecified atom stereocenters. The molecular formula is C23H16F8N4O3. The number of carbonyl (C=O) groups excluding carboxylic acids is 2. The lowest BCUT2D eigenvalue weighted by molar-refractivity contribution is -0.359. The first-order chi connectivity index (χ1) is 17.7. The number of ether oxygens (including phenoxy) is 1. The van der Waals surface area contributed by atoms with Crippen molar-refractivity contribution in [3.63, 3.8) is 0 Å². The third-order valence-electron chi connectivity index (χ3n) is 4.87. The minimum Gasteiger partial charge on any atom is -0.457 e. The summed E-state index contributed by atoms with van der Waals surface area (Å²) in [4.78, 5) is 27.7. The Labute approximate surface area is 208 Å². The SMILES string of the molecule is CNC(=O)c1cc(Oc2ccc(NC(=O)Nc3cc(C(F)(F)C(F)(F)C(F)(F)F)ccc3F)cc2)ccn1. The number of rotatable bonds is 7. The number of alkyl halides is 7. The fourth-order valence-corrected chi connectivity index (χ4v) is 2.93. The zero-order valence-electron chi connectivity index (χ0n) is 19.0. The lowest BCUT2D eigenvalue weighted by Crippen LogP contribution is -2.50. The molecule has 7 nitrogen and oxygen atoms in total. The van der Waals surface area contributed by atoms with E-state index in [-0.39, 0.29) is 41.1 Å². The van der Waals surface area contributed by atoms with Crippen molar-refractivity contribution < 1.29 is 49.4 Å². The molecular weight excluding hydrogens is 532 g/mol. The molecule has 0 saturated heterocycles. The van der Waals surface area contributed by atoms with Gasteiger partial charge in [0, 0.05) is 30.6 Å². The molecule has 1 heterocycles. The Morgan fingerprint density at radius 1 is 0.842 bits per heavy atom. The number of amides is 3. The van der Waals surface area contributed by atoms with E-state index in [4.69, 9.17) is 4.74 Å². The largest absolute Gasteiger partial charge is 0.460 e. The highest BCUT2D eigenvalue weighted by Crippen LogP contribution is 2.52. The van der Waals surface area contributed by atoms with Crippen LogP contribution >= 0.6 is 0 Å². The molecule has 3 aromatic rings. The molecule has 3 rings (SSSR count). The van der Waals surface area contributed by atoms with Crippen LogP contribution in [0.25, 0.3) is 0 Å². The number of hydrogen-bond acceptors (Lipinski definition) is 4. The second-order valence-electron chi connectivity index (χ2n) is 7.50. The van der Waals surface area contributed by atoms with Crippen molar-refractivity contribution in [2.24, 2.45) is 0 Å². The fourth-order valence-electron chi connectivity index (χ4n) is 2.93. The van der Waals surface area contributed by atoms with Crippen molar-refractivity contribution in [2.45, 2.75) is 18.0 Å². The van der Waals surface area contributed by atoms with Gasteiger partial charge in [-0.3, -0.25) is 9.78 Å². The average molecular weight is 548 g/mol. The Bertz CT molecular complexity index is 1330. The van der Waals surface area contributed by atoms with Crippen LogP contribution in [0.2, 0.25) is 0 Å². The van der Waals surface area contributed by atoms with Gasteiger partial charge in [0.25, 0.3) is 5.91 Å². The fraction of sp³-hybridized carbons (Fsp3) is 0.174. The maximum atomic E-state index is 14.0. The maximum Gasteiger partial charge on any atom is 0.460 e. The lowest BCUT2D eigenvalue weighted by Gasteiger charge is -2.28. The summed E-state index contributed by atoms with van der Waals surface area (Å²) in [5, 5.41) is 6.38. The Morgan fingerprint density at radius 2 is 1.50 bits per heavy atom. The Hall–Kier alpha value is -4.43. The van der Waals surface area contributed by atoms with Crippen LogP contribution in [0.1, 0.15) is 16.1 Å². The molecule has 0 aliphatic heterocycles. The summed E-state index contributed by atoms with van der Waals surface area (Å²) in [6.07, 6.45) is -5.25.